The van der Waals surface area contributed by atoms with Gasteiger partial charge in [0.15, 0.2) is 0 Å². The molecule has 7 heteroatoms. The molecule has 0 bridgehead atoms. The summed E-state index contributed by atoms with van der Waals surface area (Å²) in [6.07, 6.45) is -0.244. The normalized spacial score (nSPS) is 17.7. The molecule has 1 N–H and O–H groups in total. The van der Waals surface area contributed by atoms with Gasteiger partial charge in [0.2, 0.25) is 11.8 Å². The standard InChI is InChI=1S/C20H29N3O4/c1-5-21-20(26)27-17-10-11-23(18(24)12-14(2)3)13-19(25)22(4)16-9-7-6-8-15(16)17/h6-9,14,17H,5,10-13H2,1-4H3,(H,21,26). The van der Waals surface area contributed by atoms with Crippen molar-refractivity contribution in [1.82, 2.24) is 10.2 Å². The number of carbonyl (C=O) groups is 3. The van der Waals surface area contributed by atoms with Crippen molar-refractivity contribution < 1.29 is 19.1 Å². The minimum atomic E-state index is -0.546. The lowest BCUT2D eigenvalue weighted by Crippen LogP contribution is -2.42. The van der Waals surface area contributed by atoms with Crippen LogP contribution in [0.4, 0.5) is 10.5 Å². The second-order valence-electron chi connectivity index (χ2n) is 7.14. The molecule has 1 unspecified atom stereocenters. The molecule has 1 aromatic rings. The molecular weight excluding hydrogens is 346 g/mol. The maximum atomic E-state index is 12.7. The molecule has 1 atom stereocenters. The van der Waals surface area contributed by atoms with Crippen molar-refractivity contribution in [2.24, 2.45) is 5.92 Å². The molecule has 1 aromatic carbocycles. The molecule has 148 valence electrons. The van der Waals surface area contributed by atoms with Gasteiger partial charge < -0.3 is 19.9 Å². The molecule has 1 aliphatic heterocycles. The summed E-state index contributed by atoms with van der Waals surface area (Å²) >= 11 is 0. The van der Waals surface area contributed by atoms with E-state index in [1.165, 1.54) is 4.90 Å². The summed E-state index contributed by atoms with van der Waals surface area (Å²) in [5, 5.41) is 2.63. The molecule has 1 heterocycles. The third-order valence-corrected chi connectivity index (χ3v) is 4.51. The topological polar surface area (TPSA) is 79.0 Å². The molecule has 27 heavy (non-hydrogen) atoms. The van der Waals surface area contributed by atoms with Gasteiger partial charge in [-0.05, 0) is 18.9 Å². The quantitative estimate of drug-likeness (QED) is 0.878. The maximum absolute atomic E-state index is 12.7. The largest absolute Gasteiger partial charge is 0.441 e. The Morgan fingerprint density at radius 2 is 2.00 bits per heavy atom. The van der Waals surface area contributed by atoms with Crippen LogP contribution in [0, 0.1) is 5.92 Å². The second kappa shape index (κ2) is 9.39. The van der Waals surface area contributed by atoms with E-state index >= 15 is 0 Å². The van der Waals surface area contributed by atoms with Gasteiger partial charge in [-0.25, -0.2) is 4.79 Å². The van der Waals surface area contributed by atoms with Gasteiger partial charge in [-0.2, -0.15) is 0 Å². The van der Waals surface area contributed by atoms with Gasteiger partial charge in [0, 0.05) is 38.5 Å². The number of fused-ring (bicyclic) bond motifs is 1. The van der Waals surface area contributed by atoms with Crippen LogP contribution in [0.2, 0.25) is 0 Å². The van der Waals surface area contributed by atoms with Crippen LogP contribution in [0.15, 0.2) is 24.3 Å². The van der Waals surface area contributed by atoms with E-state index in [-0.39, 0.29) is 24.3 Å². The summed E-state index contributed by atoms with van der Waals surface area (Å²) in [5.74, 6) is -0.0229. The van der Waals surface area contributed by atoms with Crippen LogP contribution in [0.25, 0.3) is 0 Å². The van der Waals surface area contributed by atoms with Crippen LogP contribution >= 0.6 is 0 Å². The second-order valence-corrected chi connectivity index (χ2v) is 7.14. The summed E-state index contributed by atoms with van der Waals surface area (Å²) < 4.78 is 5.62. The Morgan fingerprint density at radius 1 is 1.30 bits per heavy atom. The molecule has 2 rings (SSSR count). The Morgan fingerprint density at radius 3 is 2.67 bits per heavy atom. The molecule has 0 spiro atoms. The summed E-state index contributed by atoms with van der Waals surface area (Å²) in [6.45, 7) is 6.59. The molecule has 3 amide bonds. The van der Waals surface area contributed by atoms with Crippen LogP contribution in [0.3, 0.4) is 0 Å². The SMILES string of the molecule is CCNC(=O)OC1CCN(C(=O)CC(C)C)CC(=O)N(C)c2ccccc21. The number of nitrogens with one attached hydrogen (secondary N) is 1. The number of alkyl carbamates (subject to hydrolysis) is 1. The Kier molecular flexibility index (Phi) is 7.21. The lowest BCUT2D eigenvalue weighted by Gasteiger charge is -2.24. The van der Waals surface area contributed by atoms with Gasteiger partial charge in [0.25, 0.3) is 0 Å². The average molecular weight is 375 g/mol. The molecule has 7 nitrogen and oxygen atoms in total. The number of rotatable bonds is 4. The maximum Gasteiger partial charge on any atom is 0.407 e. The highest BCUT2D eigenvalue weighted by molar-refractivity contribution is 5.97. The number of carbonyl (C=O) groups excluding carboxylic acids is 3. The predicted octanol–water partition coefficient (Wildman–Crippen LogP) is 2.72. The number of hydrogen-bond acceptors (Lipinski definition) is 4. The van der Waals surface area contributed by atoms with Gasteiger partial charge in [-0.1, -0.05) is 32.0 Å². The van der Waals surface area contributed by atoms with Crippen molar-refractivity contribution in [3.05, 3.63) is 29.8 Å². The zero-order valence-electron chi connectivity index (χ0n) is 16.5. The molecular formula is C20H29N3O4. The van der Waals surface area contributed by atoms with Gasteiger partial charge in [-0.3, -0.25) is 9.59 Å². The van der Waals surface area contributed by atoms with Crippen molar-refractivity contribution >= 4 is 23.6 Å². The predicted molar refractivity (Wildman–Crippen MR) is 103 cm³/mol. The summed E-state index contributed by atoms with van der Waals surface area (Å²) in [4.78, 5) is 40.4. The lowest BCUT2D eigenvalue weighted by molar-refractivity contribution is -0.136. The van der Waals surface area contributed by atoms with Crippen LogP contribution in [-0.4, -0.2) is 49.5 Å². The summed E-state index contributed by atoms with van der Waals surface area (Å²) in [5.41, 5.74) is 1.45. The van der Waals surface area contributed by atoms with E-state index < -0.39 is 12.2 Å². The molecule has 0 aliphatic carbocycles. The van der Waals surface area contributed by atoms with Crippen molar-refractivity contribution in [3.8, 4) is 0 Å². The Balaban J connectivity index is 2.34. The molecule has 0 saturated heterocycles. The Hall–Kier alpha value is -2.57. The highest BCUT2D eigenvalue weighted by Crippen LogP contribution is 2.32. The first-order valence-corrected chi connectivity index (χ1v) is 9.41. The smallest absolute Gasteiger partial charge is 0.407 e. The fraction of sp³-hybridized carbons (Fsp3) is 0.550. The number of anilines is 1. The van der Waals surface area contributed by atoms with Crippen molar-refractivity contribution in [1.29, 1.82) is 0 Å². The highest BCUT2D eigenvalue weighted by atomic mass is 16.6. The Bertz CT molecular complexity index is 690. The molecule has 0 radical (unpaired) electrons. The minimum Gasteiger partial charge on any atom is -0.441 e. The minimum absolute atomic E-state index is 0.0181. The van der Waals surface area contributed by atoms with Crippen molar-refractivity contribution in [3.63, 3.8) is 0 Å². The first-order valence-electron chi connectivity index (χ1n) is 9.41. The van der Waals surface area contributed by atoms with E-state index in [9.17, 15) is 14.4 Å². The number of ether oxygens (including phenoxy) is 1. The molecule has 0 saturated carbocycles. The first-order chi connectivity index (χ1) is 12.8. The first kappa shape index (κ1) is 20.7. The van der Waals surface area contributed by atoms with Crippen molar-refractivity contribution in [2.45, 2.75) is 39.7 Å². The van der Waals surface area contributed by atoms with E-state index in [4.69, 9.17) is 4.74 Å². The van der Waals surface area contributed by atoms with Gasteiger partial charge in [-0.15, -0.1) is 0 Å². The molecule has 1 aliphatic rings. The van der Waals surface area contributed by atoms with E-state index in [0.29, 0.717) is 31.6 Å². The van der Waals surface area contributed by atoms with Crippen LogP contribution in [-0.2, 0) is 14.3 Å². The number of para-hydroxylation sites is 1. The van der Waals surface area contributed by atoms with Crippen molar-refractivity contribution in [2.75, 3.05) is 31.6 Å². The third kappa shape index (κ3) is 5.45. The number of amides is 3. The number of benzene rings is 1. The fourth-order valence-electron chi connectivity index (χ4n) is 3.11. The van der Waals surface area contributed by atoms with Gasteiger partial charge in [0.05, 0.1) is 5.69 Å². The number of nitrogens with zero attached hydrogens (tertiary/aromatic N) is 2. The van der Waals surface area contributed by atoms with E-state index in [2.05, 4.69) is 5.32 Å². The Labute approximate surface area is 160 Å². The van der Waals surface area contributed by atoms with Crippen LogP contribution in [0.5, 0.6) is 0 Å². The van der Waals surface area contributed by atoms with E-state index in [0.717, 1.165) is 5.56 Å². The van der Waals surface area contributed by atoms with E-state index in [1.807, 2.05) is 45.0 Å². The molecule has 0 fully saturated rings. The van der Waals surface area contributed by atoms with Crippen LogP contribution < -0.4 is 10.2 Å². The third-order valence-electron chi connectivity index (χ3n) is 4.51. The number of hydrogen-bond donors (Lipinski definition) is 1. The van der Waals surface area contributed by atoms with E-state index in [1.54, 1.807) is 11.9 Å². The zero-order chi connectivity index (χ0) is 20.0. The fourth-order valence-corrected chi connectivity index (χ4v) is 3.11. The summed E-state index contributed by atoms with van der Waals surface area (Å²) in [7, 11) is 1.68. The average Bonchev–Trinajstić information content (AvgIpc) is 2.66. The van der Waals surface area contributed by atoms with Gasteiger partial charge in [0.1, 0.15) is 12.6 Å². The highest BCUT2D eigenvalue weighted by Gasteiger charge is 2.29. The zero-order valence-corrected chi connectivity index (χ0v) is 16.5. The van der Waals surface area contributed by atoms with Crippen LogP contribution in [0.1, 0.15) is 45.3 Å². The lowest BCUT2D eigenvalue weighted by atomic mass is 10.0. The van der Waals surface area contributed by atoms with Gasteiger partial charge >= 0.3 is 6.09 Å². The monoisotopic (exact) mass is 375 g/mol. The molecule has 0 aromatic heterocycles. The summed E-state index contributed by atoms with van der Waals surface area (Å²) in [6, 6.07) is 7.37. The number of likely N-dealkylation sites (N-methyl/N-ethyl adjacent to an activating group) is 1.